The van der Waals surface area contributed by atoms with Gasteiger partial charge < -0.3 is 9.84 Å². The third kappa shape index (κ3) is 3.96. The molecule has 3 aromatic rings. The number of nitrogens with one attached hydrogen (secondary N) is 1. The van der Waals surface area contributed by atoms with Crippen LogP contribution < -0.4 is 10.9 Å². The van der Waals surface area contributed by atoms with Crippen LogP contribution in [0.4, 0.5) is 0 Å². The molecular weight excluding hydrogens is 370 g/mol. The number of hydrogen-bond acceptors (Lipinski definition) is 6. The Kier molecular flexibility index (Phi) is 5.24. The van der Waals surface area contributed by atoms with Gasteiger partial charge in [0.15, 0.2) is 0 Å². The molecule has 0 unspecified atom stereocenters. The molecule has 1 aliphatic carbocycles. The molecule has 0 atom stereocenters. The Labute approximate surface area is 167 Å². The number of aromatic nitrogens is 4. The average molecular weight is 393 g/mol. The van der Waals surface area contributed by atoms with E-state index >= 15 is 0 Å². The molecule has 8 nitrogen and oxygen atoms in total. The van der Waals surface area contributed by atoms with Crippen molar-refractivity contribution >= 4 is 5.91 Å². The molecule has 0 bridgehead atoms. The minimum atomic E-state index is -0.154. The third-order valence-corrected chi connectivity index (χ3v) is 5.42. The number of carbonyl (C=O) groups excluding carboxylic acids is 1. The summed E-state index contributed by atoms with van der Waals surface area (Å²) in [6, 6.07) is 7.13. The van der Waals surface area contributed by atoms with E-state index in [4.69, 9.17) is 4.52 Å². The van der Waals surface area contributed by atoms with E-state index in [0.29, 0.717) is 17.0 Å². The van der Waals surface area contributed by atoms with Crippen molar-refractivity contribution in [2.75, 3.05) is 0 Å². The van der Waals surface area contributed by atoms with Crippen molar-refractivity contribution in [3.8, 4) is 11.3 Å². The molecule has 1 amide bonds. The van der Waals surface area contributed by atoms with Crippen molar-refractivity contribution in [3.05, 3.63) is 64.0 Å². The van der Waals surface area contributed by atoms with Gasteiger partial charge in [-0.15, -0.1) is 0 Å². The van der Waals surface area contributed by atoms with Gasteiger partial charge in [-0.1, -0.05) is 5.16 Å². The Balaban J connectivity index is 1.43. The molecule has 1 fully saturated rings. The number of carbonyl (C=O) groups is 1. The number of nitrogens with zero attached hydrogens (tertiary/aromatic N) is 4. The number of pyridine rings is 1. The Hall–Kier alpha value is -3.29. The molecule has 1 aliphatic rings. The van der Waals surface area contributed by atoms with Crippen LogP contribution in [0.1, 0.15) is 53.5 Å². The van der Waals surface area contributed by atoms with Crippen LogP contribution in [-0.4, -0.2) is 31.9 Å². The van der Waals surface area contributed by atoms with Gasteiger partial charge in [-0.2, -0.15) is 5.10 Å². The van der Waals surface area contributed by atoms with Crippen LogP contribution in [0.5, 0.6) is 0 Å². The van der Waals surface area contributed by atoms with Crippen molar-refractivity contribution in [1.82, 2.24) is 25.2 Å². The van der Waals surface area contributed by atoms with E-state index in [1.165, 1.54) is 0 Å². The van der Waals surface area contributed by atoms with Gasteiger partial charge >= 0.3 is 0 Å². The summed E-state index contributed by atoms with van der Waals surface area (Å²) in [4.78, 5) is 29.0. The maximum atomic E-state index is 12.5. The van der Waals surface area contributed by atoms with Gasteiger partial charge in [0.05, 0.1) is 17.4 Å². The highest BCUT2D eigenvalue weighted by molar-refractivity contribution is 5.96. The number of aryl methyl sites for hydroxylation is 2. The first-order valence-electron chi connectivity index (χ1n) is 9.77. The van der Waals surface area contributed by atoms with Crippen molar-refractivity contribution in [3.63, 3.8) is 0 Å². The van der Waals surface area contributed by atoms with E-state index in [1.807, 2.05) is 12.1 Å². The summed E-state index contributed by atoms with van der Waals surface area (Å²) in [7, 11) is 0. The van der Waals surface area contributed by atoms with Gasteiger partial charge in [0.25, 0.3) is 11.5 Å². The molecule has 0 spiro atoms. The first-order valence-corrected chi connectivity index (χ1v) is 9.77. The Morgan fingerprint density at radius 1 is 1.17 bits per heavy atom. The number of amides is 1. The lowest BCUT2D eigenvalue weighted by Gasteiger charge is -2.29. The molecule has 29 heavy (non-hydrogen) atoms. The second-order valence-corrected chi connectivity index (χ2v) is 7.42. The molecule has 3 heterocycles. The average Bonchev–Trinajstić information content (AvgIpc) is 3.08. The highest BCUT2D eigenvalue weighted by Gasteiger charge is 2.27. The van der Waals surface area contributed by atoms with Crippen LogP contribution >= 0.6 is 0 Å². The molecule has 0 saturated heterocycles. The monoisotopic (exact) mass is 393 g/mol. The van der Waals surface area contributed by atoms with Gasteiger partial charge in [-0.05, 0) is 57.7 Å². The SMILES string of the molecule is Cc1noc(C)c1C(=O)NC1CCC(n2nc(-c3cccnc3)ccc2=O)CC1. The maximum absolute atomic E-state index is 12.5. The van der Waals surface area contributed by atoms with E-state index in [-0.39, 0.29) is 23.6 Å². The zero-order valence-electron chi connectivity index (χ0n) is 16.5. The van der Waals surface area contributed by atoms with E-state index in [9.17, 15) is 9.59 Å². The summed E-state index contributed by atoms with van der Waals surface area (Å²) in [6.07, 6.45) is 6.55. The lowest BCUT2D eigenvalue weighted by atomic mass is 9.91. The Morgan fingerprint density at radius 2 is 1.97 bits per heavy atom. The summed E-state index contributed by atoms with van der Waals surface area (Å²) in [5.74, 6) is 0.371. The predicted molar refractivity (Wildman–Crippen MR) is 106 cm³/mol. The van der Waals surface area contributed by atoms with Crippen LogP contribution in [0.25, 0.3) is 11.3 Å². The van der Waals surface area contributed by atoms with E-state index in [1.54, 1.807) is 43.1 Å². The summed E-state index contributed by atoms with van der Waals surface area (Å²) in [5.41, 5.74) is 2.60. The minimum Gasteiger partial charge on any atom is -0.361 e. The van der Waals surface area contributed by atoms with Crippen LogP contribution in [0, 0.1) is 13.8 Å². The molecule has 4 rings (SSSR count). The summed E-state index contributed by atoms with van der Waals surface area (Å²) >= 11 is 0. The van der Waals surface area contributed by atoms with Crippen molar-refractivity contribution in [1.29, 1.82) is 0 Å². The van der Waals surface area contributed by atoms with E-state index in [2.05, 4.69) is 20.6 Å². The molecule has 1 saturated carbocycles. The highest BCUT2D eigenvalue weighted by atomic mass is 16.5. The number of hydrogen-bond donors (Lipinski definition) is 1. The van der Waals surface area contributed by atoms with Crippen LogP contribution in [0.3, 0.4) is 0 Å². The second kappa shape index (κ2) is 7.98. The lowest BCUT2D eigenvalue weighted by Crippen LogP contribution is -2.39. The van der Waals surface area contributed by atoms with Gasteiger partial charge in [-0.3, -0.25) is 14.6 Å². The molecule has 0 aliphatic heterocycles. The molecule has 8 heteroatoms. The minimum absolute atomic E-state index is 0.0198. The largest absolute Gasteiger partial charge is 0.361 e. The molecular formula is C21H23N5O3. The first-order chi connectivity index (χ1) is 14.0. The lowest BCUT2D eigenvalue weighted by molar-refractivity contribution is 0.0919. The molecule has 3 aromatic heterocycles. The molecule has 150 valence electrons. The first kappa shape index (κ1) is 19.0. The predicted octanol–water partition coefficient (Wildman–Crippen LogP) is 2.82. The van der Waals surface area contributed by atoms with Crippen molar-refractivity contribution in [2.24, 2.45) is 0 Å². The topological polar surface area (TPSA) is 103 Å². The summed E-state index contributed by atoms with van der Waals surface area (Å²) in [5, 5.41) is 11.5. The van der Waals surface area contributed by atoms with Gasteiger partial charge in [-0.25, -0.2) is 4.68 Å². The number of rotatable bonds is 4. The molecule has 1 N–H and O–H groups in total. The Bertz CT molecular complexity index is 1050. The second-order valence-electron chi connectivity index (χ2n) is 7.42. The summed E-state index contributed by atoms with van der Waals surface area (Å²) < 4.78 is 6.66. The van der Waals surface area contributed by atoms with Crippen molar-refractivity contribution in [2.45, 2.75) is 51.6 Å². The van der Waals surface area contributed by atoms with Gasteiger partial charge in [0, 0.05) is 30.1 Å². The van der Waals surface area contributed by atoms with Crippen molar-refractivity contribution < 1.29 is 9.32 Å². The highest BCUT2D eigenvalue weighted by Crippen LogP contribution is 2.28. The normalized spacial score (nSPS) is 19.1. The zero-order valence-corrected chi connectivity index (χ0v) is 16.5. The zero-order chi connectivity index (χ0) is 20.4. The van der Waals surface area contributed by atoms with E-state index < -0.39 is 0 Å². The fraction of sp³-hybridized carbons (Fsp3) is 0.381. The standard InChI is InChI=1S/C21H23N5O3/c1-13-20(14(2)29-25-13)21(28)23-16-5-7-17(8-6-16)26-19(27)10-9-18(24-26)15-4-3-11-22-12-15/h3-4,9-12,16-17H,5-8H2,1-2H3,(H,23,28). The smallest absolute Gasteiger partial charge is 0.267 e. The van der Waals surface area contributed by atoms with Crippen LogP contribution in [-0.2, 0) is 0 Å². The van der Waals surface area contributed by atoms with Gasteiger partial charge in [0.1, 0.15) is 11.3 Å². The fourth-order valence-electron chi connectivity index (χ4n) is 3.88. The molecule has 0 aromatic carbocycles. The summed E-state index contributed by atoms with van der Waals surface area (Å²) in [6.45, 7) is 3.49. The third-order valence-electron chi connectivity index (χ3n) is 5.42. The van der Waals surface area contributed by atoms with Crippen LogP contribution in [0.15, 0.2) is 46.0 Å². The van der Waals surface area contributed by atoms with Gasteiger partial charge in [0.2, 0.25) is 0 Å². The van der Waals surface area contributed by atoms with Crippen LogP contribution in [0.2, 0.25) is 0 Å². The van der Waals surface area contributed by atoms with E-state index in [0.717, 1.165) is 36.9 Å². The quantitative estimate of drug-likeness (QED) is 0.731. The maximum Gasteiger partial charge on any atom is 0.267 e. The molecule has 0 radical (unpaired) electrons. The Morgan fingerprint density at radius 3 is 2.62 bits per heavy atom. The fourth-order valence-corrected chi connectivity index (χ4v) is 3.88.